The largest absolute Gasteiger partial charge is 0.283 e. The van der Waals surface area contributed by atoms with Crippen LogP contribution in [0.25, 0.3) is 5.69 Å². The summed E-state index contributed by atoms with van der Waals surface area (Å²) in [5.74, 6) is 0. The van der Waals surface area contributed by atoms with E-state index >= 15 is 0 Å². The summed E-state index contributed by atoms with van der Waals surface area (Å²) in [6.45, 7) is 0. The average Bonchev–Trinajstić information content (AvgIpc) is 2.66. The van der Waals surface area contributed by atoms with E-state index in [9.17, 15) is 8.78 Å². The van der Waals surface area contributed by atoms with Crippen molar-refractivity contribution in [3.8, 4) is 11.8 Å². The lowest BCUT2D eigenvalue weighted by Gasteiger charge is -2.02. The summed E-state index contributed by atoms with van der Waals surface area (Å²) in [5, 5.41) is 12.3. The second-order valence-electron chi connectivity index (χ2n) is 3.24. The number of hydrogen-bond acceptors (Lipinski definition) is 3. The highest BCUT2D eigenvalue weighted by atomic mass is 79.9. The third-order valence-corrected chi connectivity index (χ3v) is 2.89. The molecule has 0 aromatic carbocycles. The predicted octanol–water partition coefficient (Wildman–Crippen LogP) is 3.49. The monoisotopic (exact) mass is 332 g/mol. The zero-order valence-electron chi connectivity index (χ0n) is 8.61. The van der Waals surface area contributed by atoms with Crippen molar-refractivity contribution in [3.63, 3.8) is 0 Å². The van der Waals surface area contributed by atoms with Gasteiger partial charge in [0.2, 0.25) is 0 Å². The first kappa shape index (κ1) is 12.9. The number of alkyl halides is 2. The third kappa shape index (κ3) is 2.21. The van der Waals surface area contributed by atoms with E-state index in [-0.39, 0.29) is 10.7 Å². The molecule has 92 valence electrons. The Bertz CT molecular complexity index is 635. The molecule has 18 heavy (non-hydrogen) atoms. The molecule has 0 atom stereocenters. The zero-order valence-corrected chi connectivity index (χ0v) is 11.0. The highest BCUT2D eigenvalue weighted by molar-refractivity contribution is 9.10. The van der Waals surface area contributed by atoms with Crippen LogP contribution in [0, 0.1) is 11.3 Å². The van der Waals surface area contributed by atoms with E-state index in [1.54, 1.807) is 12.1 Å². The molecule has 0 saturated heterocycles. The van der Waals surface area contributed by atoms with E-state index in [0.717, 1.165) is 4.68 Å². The van der Waals surface area contributed by atoms with Gasteiger partial charge in [-0.3, -0.25) is 4.98 Å². The van der Waals surface area contributed by atoms with Crippen LogP contribution in [0.5, 0.6) is 0 Å². The lowest BCUT2D eigenvalue weighted by Crippen LogP contribution is -1.98. The van der Waals surface area contributed by atoms with Gasteiger partial charge in [-0.15, -0.1) is 0 Å². The van der Waals surface area contributed by atoms with Gasteiger partial charge >= 0.3 is 0 Å². The molecule has 2 aromatic heterocycles. The van der Waals surface area contributed by atoms with E-state index in [4.69, 9.17) is 16.9 Å². The first-order valence-corrected chi connectivity index (χ1v) is 5.79. The van der Waals surface area contributed by atoms with Crippen LogP contribution in [0.4, 0.5) is 8.78 Å². The standard InChI is InChI=1S/C10H4BrClF2N4/c11-5-1-6(4-16-3-5)18-9(12)7(2-15)8(17-18)10(13)14/h1,3-4,10H. The van der Waals surface area contributed by atoms with Gasteiger partial charge in [-0.25, -0.2) is 13.5 Å². The number of hydrogen-bond donors (Lipinski definition) is 0. The van der Waals surface area contributed by atoms with Gasteiger partial charge in [-0.1, -0.05) is 11.6 Å². The van der Waals surface area contributed by atoms with Crippen LogP contribution in [0.2, 0.25) is 5.15 Å². The maximum atomic E-state index is 12.7. The quantitative estimate of drug-likeness (QED) is 0.845. The molecule has 0 bridgehead atoms. The number of nitrogens with zero attached hydrogens (tertiary/aromatic N) is 4. The molecule has 0 amide bonds. The van der Waals surface area contributed by atoms with Gasteiger partial charge in [-0.2, -0.15) is 10.4 Å². The molecule has 0 radical (unpaired) electrons. The van der Waals surface area contributed by atoms with E-state index in [0.29, 0.717) is 10.2 Å². The minimum atomic E-state index is -2.86. The van der Waals surface area contributed by atoms with Crippen molar-refractivity contribution in [1.29, 1.82) is 5.26 Å². The Morgan fingerprint density at radius 1 is 1.44 bits per heavy atom. The minimum Gasteiger partial charge on any atom is -0.261 e. The fourth-order valence-corrected chi connectivity index (χ4v) is 1.98. The molecule has 0 spiro atoms. The molecular weight excluding hydrogens is 329 g/mol. The van der Waals surface area contributed by atoms with Crippen molar-refractivity contribution in [3.05, 3.63) is 39.3 Å². The molecular formula is C10H4BrClF2N4. The Morgan fingerprint density at radius 2 is 2.17 bits per heavy atom. The smallest absolute Gasteiger partial charge is 0.261 e. The predicted molar refractivity (Wildman–Crippen MR) is 63.7 cm³/mol. The molecule has 0 aliphatic rings. The Hall–Kier alpha value is -1.52. The Kier molecular flexibility index (Phi) is 3.59. The van der Waals surface area contributed by atoms with Crippen LogP contribution < -0.4 is 0 Å². The van der Waals surface area contributed by atoms with Gasteiger partial charge in [0, 0.05) is 10.7 Å². The summed E-state index contributed by atoms with van der Waals surface area (Å²) in [6, 6.07) is 3.22. The van der Waals surface area contributed by atoms with Gasteiger partial charge in [-0.05, 0) is 22.0 Å². The van der Waals surface area contributed by atoms with Crippen molar-refractivity contribution in [1.82, 2.24) is 14.8 Å². The van der Waals surface area contributed by atoms with Crippen molar-refractivity contribution in [2.24, 2.45) is 0 Å². The highest BCUT2D eigenvalue weighted by Gasteiger charge is 2.23. The van der Waals surface area contributed by atoms with Crippen molar-refractivity contribution in [2.45, 2.75) is 6.43 Å². The van der Waals surface area contributed by atoms with Gasteiger partial charge in [0.05, 0.1) is 11.9 Å². The normalized spacial score (nSPS) is 10.7. The zero-order chi connectivity index (χ0) is 13.3. The Morgan fingerprint density at radius 3 is 2.67 bits per heavy atom. The second-order valence-corrected chi connectivity index (χ2v) is 4.51. The first-order valence-electron chi connectivity index (χ1n) is 4.62. The fraction of sp³-hybridized carbons (Fsp3) is 0.100. The molecule has 2 rings (SSSR count). The minimum absolute atomic E-state index is 0.160. The Balaban J connectivity index is 2.63. The summed E-state index contributed by atoms with van der Waals surface area (Å²) in [7, 11) is 0. The van der Waals surface area contributed by atoms with Crippen LogP contribution in [-0.4, -0.2) is 14.8 Å². The van der Waals surface area contributed by atoms with Crippen molar-refractivity contribution >= 4 is 27.5 Å². The van der Waals surface area contributed by atoms with Gasteiger partial charge in [0.15, 0.2) is 5.15 Å². The summed E-state index contributed by atoms with van der Waals surface area (Å²) in [5.41, 5.74) is -0.577. The summed E-state index contributed by atoms with van der Waals surface area (Å²) < 4.78 is 27.1. The number of nitriles is 1. The molecule has 0 N–H and O–H groups in total. The molecule has 8 heteroatoms. The number of rotatable bonds is 2. The maximum Gasteiger partial charge on any atom is 0.283 e. The number of pyridine rings is 1. The summed E-state index contributed by atoms with van der Waals surface area (Å²) in [4.78, 5) is 3.87. The molecule has 2 heterocycles. The van der Waals surface area contributed by atoms with E-state index < -0.39 is 12.1 Å². The lowest BCUT2D eigenvalue weighted by molar-refractivity contribution is 0.145. The summed E-state index contributed by atoms with van der Waals surface area (Å²) in [6.07, 6.45) is 0.0682. The van der Waals surface area contributed by atoms with Crippen molar-refractivity contribution in [2.75, 3.05) is 0 Å². The Labute approximate surface area is 114 Å². The summed E-state index contributed by atoms with van der Waals surface area (Å²) >= 11 is 9.06. The molecule has 4 nitrogen and oxygen atoms in total. The number of halogens is 4. The molecule has 2 aromatic rings. The van der Waals surface area contributed by atoms with Crippen LogP contribution in [0.3, 0.4) is 0 Å². The number of aromatic nitrogens is 3. The van der Waals surface area contributed by atoms with Gasteiger partial charge in [0.1, 0.15) is 17.3 Å². The maximum absolute atomic E-state index is 12.7. The molecule has 0 aliphatic heterocycles. The van der Waals surface area contributed by atoms with Crippen molar-refractivity contribution < 1.29 is 8.78 Å². The topological polar surface area (TPSA) is 54.5 Å². The molecule has 0 saturated carbocycles. The van der Waals surface area contributed by atoms with E-state index in [1.165, 1.54) is 12.4 Å². The fourth-order valence-electron chi connectivity index (χ4n) is 1.36. The van der Waals surface area contributed by atoms with Crippen LogP contribution in [0.15, 0.2) is 22.9 Å². The SMILES string of the molecule is N#Cc1c(C(F)F)nn(-c2cncc(Br)c2)c1Cl. The van der Waals surface area contributed by atoms with Gasteiger partial charge < -0.3 is 0 Å². The van der Waals surface area contributed by atoms with Gasteiger partial charge in [0.25, 0.3) is 6.43 Å². The third-order valence-electron chi connectivity index (χ3n) is 2.11. The van der Waals surface area contributed by atoms with E-state index in [2.05, 4.69) is 26.0 Å². The molecule has 0 unspecified atom stereocenters. The molecule has 0 fully saturated rings. The lowest BCUT2D eigenvalue weighted by atomic mass is 10.3. The highest BCUT2D eigenvalue weighted by Crippen LogP contribution is 2.29. The first-order chi connectivity index (χ1) is 8.54. The molecule has 0 aliphatic carbocycles. The van der Waals surface area contributed by atoms with Crippen LogP contribution in [-0.2, 0) is 0 Å². The van der Waals surface area contributed by atoms with Crippen LogP contribution >= 0.6 is 27.5 Å². The van der Waals surface area contributed by atoms with E-state index in [1.807, 2.05) is 0 Å². The second kappa shape index (κ2) is 5.00. The average molecular weight is 334 g/mol. The van der Waals surface area contributed by atoms with Crippen LogP contribution in [0.1, 0.15) is 17.7 Å².